The van der Waals surface area contributed by atoms with E-state index in [1.54, 1.807) is 42.5 Å². The minimum Gasteiger partial charge on any atom is -0.491 e. The van der Waals surface area contributed by atoms with Gasteiger partial charge in [0.2, 0.25) is 10.2 Å². The maximum atomic E-state index is 13.7. The molecule has 2 unspecified atom stereocenters. The molecule has 0 fully saturated rings. The first-order valence-electron chi connectivity index (χ1n) is 15.1. The number of halogens is 1. The molecule has 5 aromatic rings. The number of nitrogens with one attached hydrogen (secondary N) is 1. The number of fused-ring (bicyclic) bond motifs is 1. The molecule has 15 nitrogen and oxygen atoms in total. The van der Waals surface area contributed by atoms with Crippen LogP contribution in [0.1, 0.15) is 29.8 Å². The number of nitrogens with zero attached hydrogens (tertiary/aromatic N) is 4. The molecule has 0 saturated heterocycles. The van der Waals surface area contributed by atoms with Crippen molar-refractivity contribution < 1.29 is 46.8 Å². The van der Waals surface area contributed by atoms with Gasteiger partial charge in [-0.15, -0.1) is 16.4 Å². The lowest BCUT2D eigenvalue weighted by Gasteiger charge is -2.25. The van der Waals surface area contributed by atoms with E-state index in [4.69, 9.17) is 24.5 Å². The van der Waals surface area contributed by atoms with Crippen LogP contribution in [0.4, 0.5) is 4.39 Å². The summed E-state index contributed by atoms with van der Waals surface area (Å²) in [7, 11) is -3.96. The van der Waals surface area contributed by atoms with Crippen LogP contribution in [0.5, 0.6) is 11.5 Å². The Hall–Kier alpha value is -5.01. The SMILES string of the molecule is CC(OCc1cccc(OCCO)c1)C(NC(=O)[C@H](Cc1ccc(F)cc1)n1cc(COc2ccc3nc(S(N)(=O)=O)sc3c2)nn1)C(=O)O. The van der Waals surface area contributed by atoms with E-state index in [2.05, 4.69) is 20.6 Å². The van der Waals surface area contributed by atoms with Gasteiger partial charge in [0.15, 0.2) is 6.04 Å². The number of rotatable bonds is 17. The number of thiazole rings is 1. The van der Waals surface area contributed by atoms with E-state index < -0.39 is 45.9 Å². The summed E-state index contributed by atoms with van der Waals surface area (Å²) in [6, 6.07) is 14.7. The molecule has 0 aliphatic heterocycles. The normalized spacial score (nSPS) is 13.4. The van der Waals surface area contributed by atoms with Crippen molar-refractivity contribution >= 4 is 43.5 Å². The van der Waals surface area contributed by atoms with Gasteiger partial charge in [-0.25, -0.2) is 32.4 Å². The highest BCUT2D eigenvalue weighted by Gasteiger charge is 2.32. The number of ether oxygens (including phenoxy) is 3. The largest absolute Gasteiger partial charge is 0.491 e. The van der Waals surface area contributed by atoms with Gasteiger partial charge < -0.3 is 29.7 Å². The summed E-state index contributed by atoms with van der Waals surface area (Å²) in [5, 5.41) is 35.0. The van der Waals surface area contributed by atoms with E-state index in [0.717, 1.165) is 11.3 Å². The average Bonchev–Trinajstić information content (AvgIpc) is 3.75. The molecule has 0 aliphatic rings. The van der Waals surface area contributed by atoms with E-state index in [1.165, 1.54) is 42.1 Å². The third-order valence-corrected chi connectivity index (χ3v) is 9.63. The molecule has 5 rings (SSSR count). The molecule has 50 heavy (non-hydrogen) atoms. The summed E-state index contributed by atoms with van der Waals surface area (Å²) in [5.74, 6) is -1.59. The summed E-state index contributed by atoms with van der Waals surface area (Å²) in [6.07, 6.45) is 0.521. The van der Waals surface area contributed by atoms with Crippen LogP contribution >= 0.6 is 11.3 Å². The van der Waals surface area contributed by atoms with Crippen molar-refractivity contribution in [2.45, 2.75) is 49.1 Å². The van der Waals surface area contributed by atoms with Gasteiger partial charge in [-0.3, -0.25) is 4.79 Å². The number of aromatic nitrogens is 4. The van der Waals surface area contributed by atoms with Crippen molar-refractivity contribution in [2.24, 2.45) is 5.14 Å². The summed E-state index contributed by atoms with van der Waals surface area (Å²) >= 11 is 0.899. The Bertz CT molecular complexity index is 2060. The number of amides is 1. The molecule has 3 aromatic carbocycles. The topological polar surface area (TPSA) is 218 Å². The van der Waals surface area contributed by atoms with Crippen LogP contribution in [-0.4, -0.2) is 75.8 Å². The summed E-state index contributed by atoms with van der Waals surface area (Å²) in [5.41, 5.74) is 2.03. The number of hydrogen-bond acceptors (Lipinski definition) is 12. The molecule has 2 heterocycles. The van der Waals surface area contributed by atoms with Gasteiger partial charge >= 0.3 is 5.97 Å². The lowest BCUT2D eigenvalue weighted by molar-refractivity contribution is -0.147. The van der Waals surface area contributed by atoms with Crippen molar-refractivity contribution in [3.63, 3.8) is 0 Å². The van der Waals surface area contributed by atoms with E-state index in [1.807, 2.05) is 0 Å². The quantitative estimate of drug-likeness (QED) is 0.109. The molecule has 1 amide bonds. The summed E-state index contributed by atoms with van der Waals surface area (Å²) in [4.78, 5) is 30.0. The van der Waals surface area contributed by atoms with Gasteiger partial charge in [0, 0.05) is 6.42 Å². The molecule has 0 bridgehead atoms. The van der Waals surface area contributed by atoms with Crippen LogP contribution in [-0.2, 0) is 44.0 Å². The smallest absolute Gasteiger partial charge is 0.328 e. The van der Waals surface area contributed by atoms with Gasteiger partial charge in [0.05, 0.1) is 35.7 Å². The molecular formula is C32H33FN6O9S2. The van der Waals surface area contributed by atoms with Crippen molar-refractivity contribution in [2.75, 3.05) is 13.2 Å². The molecule has 3 atom stereocenters. The molecule has 264 valence electrons. The minimum atomic E-state index is -3.96. The van der Waals surface area contributed by atoms with Gasteiger partial charge in [0.25, 0.3) is 10.0 Å². The first-order valence-corrected chi connectivity index (χ1v) is 17.4. The number of aliphatic carboxylic acids is 1. The molecule has 0 aliphatic carbocycles. The van der Waals surface area contributed by atoms with Gasteiger partial charge in [-0.2, -0.15) is 0 Å². The van der Waals surface area contributed by atoms with Crippen molar-refractivity contribution in [3.05, 3.63) is 95.6 Å². The standard InChI is InChI=1S/C32H33FN6O9S2/c1-19(47-17-21-3-2-4-24(13-21)46-12-11-40)29(31(42)43)36-30(41)27(14-20-5-7-22(33)8-6-20)39-16-23(37-38-39)18-48-25-9-10-26-28(15-25)49-32(35-26)50(34,44)45/h2-10,13,15-16,19,27,29,40H,11-12,14,17-18H2,1H3,(H,36,41)(H,42,43)(H2,34,44,45)/t19?,27-,29?/m0/s1. The van der Waals surface area contributed by atoms with Gasteiger partial charge in [-0.1, -0.05) is 29.5 Å². The number of carboxylic acids is 1. The Morgan fingerprint density at radius 1 is 1.04 bits per heavy atom. The second kappa shape index (κ2) is 16.1. The van der Waals surface area contributed by atoms with Crippen LogP contribution in [0.15, 0.2) is 77.3 Å². The molecule has 0 saturated carbocycles. The van der Waals surface area contributed by atoms with E-state index in [9.17, 15) is 27.5 Å². The number of primary sulfonamides is 1. The fourth-order valence-corrected chi connectivity index (χ4v) is 6.46. The Morgan fingerprint density at radius 3 is 2.52 bits per heavy atom. The van der Waals surface area contributed by atoms with E-state index >= 15 is 0 Å². The van der Waals surface area contributed by atoms with E-state index in [-0.39, 0.29) is 37.2 Å². The third-order valence-electron chi connectivity index (χ3n) is 7.30. The molecular weight excluding hydrogens is 696 g/mol. The number of carbonyl (C=O) groups excluding carboxylic acids is 1. The Labute approximate surface area is 289 Å². The fourth-order valence-electron chi connectivity index (χ4n) is 4.78. The number of nitrogens with two attached hydrogens (primary N) is 1. The van der Waals surface area contributed by atoms with Crippen LogP contribution in [0.25, 0.3) is 10.2 Å². The zero-order valence-electron chi connectivity index (χ0n) is 26.5. The molecule has 0 radical (unpaired) electrons. The first-order chi connectivity index (χ1) is 23.9. The fraction of sp³-hybridized carbons (Fsp3) is 0.281. The third kappa shape index (κ3) is 9.57. The number of hydrogen-bond donors (Lipinski definition) is 4. The second-order valence-electron chi connectivity index (χ2n) is 11.0. The molecule has 2 aromatic heterocycles. The average molecular weight is 729 g/mol. The maximum absolute atomic E-state index is 13.7. The van der Waals surface area contributed by atoms with E-state index in [0.29, 0.717) is 38.5 Å². The Morgan fingerprint density at radius 2 is 1.80 bits per heavy atom. The van der Waals surface area contributed by atoms with Crippen molar-refractivity contribution in [1.82, 2.24) is 25.3 Å². The van der Waals surface area contributed by atoms with Crippen LogP contribution < -0.4 is 19.9 Å². The maximum Gasteiger partial charge on any atom is 0.328 e. The predicted molar refractivity (Wildman–Crippen MR) is 177 cm³/mol. The number of aliphatic hydroxyl groups is 1. The highest BCUT2D eigenvalue weighted by Crippen LogP contribution is 2.28. The van der Waals surface area contributed by atoms with Crippen molar-refractivity contribution in [1.29, 1.82) is 0 Å². The van der Waals surface area contributed by atoms with Crippen LogP contribution in [0.3, 0.4) is 0 Å². The lowest BCUT2D eigenvalue weighted by Crippen LogP contribution is -2.51. The number of carbonyl (C=O) groups is 2. The molecule has 5 N–H and O–H groups in total. The number of carboxylic acid groups (broad SMARTS) is 1. The summed E-state index contributed by atoms with van der Waals surface area (Å²) < 4.78 is 55.6. The molecule has 18 heteroatoms. The zero-order chi connectivity index (χ0) is 35.8. The first kappa shape index (κ1) is 36.3. The summed E-state index contributed by atoms with van der Waals surface area (Å²) in [6.45, 7) is 1.42. The molecule has 0 spiro atoms. The number of sulfonamides is 1. The highest BCUT2D eigenvalue weighted by molar-refractivity contribution is 7.91. The van der Waals surface area contributed by atoms with Gasteiger partial charge in [-0.05, 0) is 60.5 Å². The number of aliphatic hydroxyl groups excluding tert-OH is 1. The zero-order valence-corrected chi connectivity index (χ0v) is 28.1. The minimum absolute atomic E-state index is 0.0196. The predicted octanol–water partition coefficient (Wildman–Crippen LogP) is 2.58. The lowest BCUT2D eigenvalue weighted by atomic mass is 10.0. The Kier molecular flexibility index (Phi) is 11.7. The van der Waals surface area contributed by atoms with Crippen LogP contribution in [0.2, 0.25) is 0 Å². The number of benzene rings is 3. The second-order valence-corrected chi connectivity index (χ2v) is 13.8. The van der Waals surface area contributed by atoms with Gasteiger partial charge in [0.1, 0.15) is 42.3 Å². The Balaban J connectivity index is 1.29. The van der Waals surface area contributed by atoms with Crippen LogP contribution in [0, 0.1) is 5.82 Å². The van der Waals surface area contributed by atoms with Crippen molar-refractivity contribution in [3.8, 4) is 11.5 Å². The monoisotopic (exact) mass is 728 g/mol. The highest BCUT2D eigenvalue weighted by atomic mass is 32.2.